The lowest BCUT2D eigenvalue weighted by molar-refractivity contribution is -0.125. The van der Waals surface area contributed by atoms with Crippen LogP contribution in [0.1, 0.15) is 5.56 Å². The Morgan fingerprint density at radius 3 is 3.00 bits per heavy atom. The number of hydrogen-bond donors (Lipinski definition) is 2. The Labute approximate surface area is 105 Å². The van der Waals surface area contributed by atoms with Crippen LogP contribution < -0.4 is 15.8 Å². The number of aromatic nitrogens is 1. The minimum absolute atomic E-state index is 0.0733. The molecule has 2 unspecified atom stereocenters. The number of nitrogens with one attached hydrogen (secondary N) is 1. The molecule has 3 N–H and O–H groups in total. The van der Waals surface area contributed by atoms with Crippen LogP contribution in [-0.2, 0) is 16.1 Å². The summed E-state index contributed by atoms with van der Waals surface area (Å²) >= 11 is 0. The van der Waals surface area contributed by atoms with E-state index in [-0.39, 0.29) is 17.9 Å². The van der Waals surface area contributed by atoms with Crippen molar-refractivity contribution in [2.45, 2.75) is 12.6 Å². The molecule has 1 aromatic heterocycles. The van der Waals surface area contributed by atoms with Crippen molar-refractivity contribution in [1.82, 2.24) is 10.3 Å². The number of amides is 1. The summed E-state index contributed by atoms with van der Waals surface area (Å²) in [4.78, 5) is 15.9. The SMILES string of the molecule is COc1ccc(CNC(=O)C2COCC2N)cn1. The van der Waals surface area contributed by atoms with Crippen molar-refractivity contribution in [1.29, 1.82) is 0 Å². The van der Waals surface area contributed by atoms with Crippen molar-refractivity contribution < 1.29 is 14.3 Å². The first-order valence-electron chi connectivity index (χ1n) is 5.80. The van der Waals surface area contributed by atoms with E-state index < -0.39 is 0 Å². The Morgan fingerprint density at radius 2 is 2.44 bits per heavy atom. The van der Waals surface area contributed by atoms with Crippen LogP contribution in [0.4, 0.5) is 0 Å². The van der Waals surface area contributed by atoms with E-state index in [9.17, 15) is 4.79 Å². The summed E-state index contributed by atoms with van der Waals surface area (Å²) in [7, 11) is 1.56. The molecule has 6 nitrogen and oxygen atoms in total. The number of hydrogen-bond acceptors (Lipinski definition) is 5. The second kappa shape index (κ2) is 5.79. The van der Waals surface area contributed by atoms with E-state index >= 15 is 0 Å². The van der Waals surface area contributed by atoms with Gasteiger partial charge in [0.2, 0.25) is 11.8 Å². The highest BCUT2D eigenvalue weighted by atomic mass is 16.5. The van der Waals surface area contributed by atoms with Crippen LogP contribution in [0.2, 0.25) is 0 Å². The first-order chi connectivity index (χ1) is 8.70. The van der Waals surface area contributed by atoms with Crippen LogP contribution in [0.25, 0.3) is 0 Å². The highest BCUT2D eigenvalue weighted by molar-refractivity contribution is 5.79. The normalized spacial score (nSPS) is 22.8. The van der Waals surface area contributed by atoms with E-state index in [0.717, 1.165) is 5.56 Å². The van der Waals surface area contributed by atoms with Gasteiger partial charge in [0.05, 0.1) is 26.2 Å². The molecule has 0 spiro atoms. The van der Waals surface area contributed by atoms with E-state index in [0.29, 0.717) is 25.6 Å². The van der Waals surface area contributed by atoms with Crippen molar-refractivity contribution in [2.24, 2.45) is 11.7 Å². The van der Waals surface area contributed by atoms with Gasteiger partial charge in [-0.05, 0) is 5.56 Å². The van der Waals surface area contributed by atoms with Crippen LogP contribution in [0, 0.1) is 5.92 Å². The van der Waals surface area contributed by atoms with Gasteiger partial charge in [-0.1, -0.05) is 6.07 Å². The van der Waals surface area contributed by atoms with E-state index in [1.165, 1.54) is 0 Å². The van der Waals surface area contributed by atoms with Gasteiger partial charge in [0.25, 0.3) is 0 Å². The number of ether oxygens (including phenoxy) is 2. The first kappa shape index (κ1) is 12.8. The molecule has 1 saturated heterocycles. The Bertz CT molecular complexity index is 408. The van der Waals surface area contributed by atoms with Gasteiger partial charge in [-0.3, -0.25) is 4.79 Å². The summed E-state index contributed by atoms with van der Waals surface area (Å²) in [5, 5.41) is 2.83. The molecule has 0 saturated carbocycles. The topological polar surface area (TPSA) is 86.5 Å². The van der Waals surface area contributed by atoms with E-state index in [1.54, 1.807) is 19.4 Å². The van der Waals surface area contributed by atoms with Gasteiger partial charge < -0.3 is 20.5 Å². The van der Waals surface area contributed by atoms with Gasteiger partial charge in [-0.2, -0.15) is 0 Å². The number of carbonyl (C=O) groups is 1. The molecule has 6 heteroatoms. The molecular formula is C12H17N3O3. The fourth-order valence-electron chi connectivity index (χ4n) is 1.80. The quantitative estimate of drug-likeness (QED) is 0.766. The maximum atomic E-state index is 11.8. The molecule has 98 valence electrons. The predicted molar refractivity (Wildman–Crippen MR) is 64.9 cm³/mol. The number of rotatable bonds is 4. The highest BCUT2D eigenvalue weighted by Crippen LogP contribution is 2.12. The lowest BCUT2D eigenvalue weighted by Crippen LogP contribution is -2.40. The average molecular weight is 251 g/mol. The first-order valence-corrected chi connectivity index (χ1v) is 5.80. The van der Waals surface area contributed by atoms with Gasteiger partial charge in [-0.25, -0.2) is 4.98 Å². The lowest BCUT2D eigenvalue weighted by Gasteiger charge is -2.13. The van der Waals surface area contributed by atoms with E-state index in [1.807, 2.05) is 6.07 Å². The number of nitrogens with zero attached hydrogens (tertiary/aromatic N) is 1. The summed E-state index contributed by atoms with van der Waals surface area (Å²) in [5.41, 5.74) is 6.69. The Hall–Kier alpha value is -1.66. The van der Waals surface area contributed by atoms with Crippen LogP contribution >= 0.6 is 0 Å². The monoisotopic (exact) mass is 251 g/mol. The van der Waals surface area contributed by atoms with Gasteiger partial charge in [0.15, 0.2) is 0 Å². The minimum Gasteiger partial charge on any atom is -0.481 e. The summed E-state index contributed by atoms with van der Waals surface area (Å²) in [6, 6.07) is 3.40. The van der Waals surface area contributed by atoms with Crippen molar-refractivity contribution in [3.05, 3.63) is 23.9 Å². The van der Waals surface area contributed by atoms with E-state index in [4.69, 9.17) is 15.2 Å². The standard InChI is InChI=1S/C12H17N3O3/c1-17-11-3-2-8(4-14-11)5-15-12(16)9-6-18-7-10(9)13/h2-4,9-10H,5-7,13H2,1H3,(H,15,16). The maximum absolute atomic E-state index is 11.8. The number of pyridine rings is 1. The van der Waals surface area contributed by atoms with Crippen molar-refractivity contribution in [3.8, 4) is 5.88 Å². The molecule has 0 aromatic carbocycles. The molecule has 1 aliphatic rings. The molecule has 0 bridgehead atoms. The molecule has 2 atom stereocenters. The smallest absolute Gasteiger partial charge is 0.227 e. The molecule has 2 rings (SSSR count). The molecule has 2 heterocycles. The number of methoxy groups -OCH3 is 1. The molecular weight excluding hydrogens is 234 g/mol. The van der Waals surface area contributed by atoms with Crippen molar-refractivity contribution in [3.63, 3.8) is 0 Å². The van der Waals surface area contributed by atoms with Gasteiger partial charge in [0, 0.05) is 24.8 Å². The summed E-state index contributed by atoms with van der Waals surface area (Å²) < 4.78 is 10.1. The zero-order valence-electron chi connectivity index (χ0n) is 10.3. The molecule has 1 aliphatic heterocycles. The highest BCUT2D eigenvalue weighted by Gasteiger charge is 2.30. The maximum Gasteiger partial charge on any atom is 0.227 e. The van der Waals surface area contributed by atoms with Crippen LogP contribution in [0.5, 0.6) is 5.88 Å². The summed E-state index contributed by atoms with van der Waals surface area (Å²) in [5.74, 6) is 0.225. The molecule has 1 amide bonds. The number of carbonyl (C=O) groups excluding carboxylic acids is 1. The summed E-state index contributed by atoms with van der Waals surface area (Å²) in [6.45, 7) is 1.27. The molecule has 18 heavy (non-hydrogen) atoms. The second-order valence-electron chi connectivity index (χ2n) is 4.23. The Morgan fingerprint density at radius 1 is 1.61 bits per heavy atom. The second-order valence-corrected chi connectivity index (χ2v) is 4.23. The largest absolute Gasteiger partial charge is 0.481 e. The molecule has 1 aromatic rings. The summed E-state index contributed by atoms with van der Waals surface area (Å²) in [6.07, 6.45) is 1.67. The third-order valence-electron chi connectivity index (χ3n) is 2.93. The molecule has 1 fully saturated rings. The Balaban J connectivity index is 1.85. The van der Waals surface area contributed by atoms with Crippen molar-refractivity contribution in [2.75, 3.05) is 20.3 Å². The number of nitrogens with two attached hydrogens (primary N) is 1. The zero-order valence-corrected chi connectivity index (χ0v) is 10.3. The molecule has 0 radical (unpaired) electrons. The fourth-order valence-corrected chi connectivity index (χ4v) is 1.80. The average Bonchev–Trinajstić information content (AvgIpc) is 2.83. The third-order valence-corrected chi connectivity index (χ3v) is 2.93. The van der Waals surface area contributed by atoms with Crippen molar-refractivity contribution >= 4 is 5.91 Å². The van der Waals surface area contributed by atoms with Gasteiger partial charge >= 0.3 is 0 Å². The predicted octanol–water partition coefficient (Wildman–Crippen LogP) is -0.320. The fraction of sp³-hybridized carbons (Fsp3) is 0.500. The zero-order chi connectivity index (χ0) is 13.0. The van der Waals surface area contributed by atoms with Crippen LogP contribution in [-0.4, -0.2) is 37.3 Å². The minimum atomic E-state index is -0.254. The van der Waals surface area contributed by atoms with Crippen LogP contribution in [0.3, 0.4) is 0 Å². The molecule has 0 aliphatic carbocycles. The van der Waals surface area contributed by atoms with Crippen LogP contribution in [0.15, 0.2) is 18.3 Å². The third kappa shape index (κ3) is 2.96. The van der Waals surface area contributed by atoms with Gasteiger partial charge in [0.1, 0.15) is 0 Å². The Kier molecular flexibility index (Phi) is 4.11. The lowest BCUT2D eigenvalue weighted by atomic mass is 10.0. The van der Waals surface area contributed by atoms with Gasteiger partial charge in [-0.15, -0.1) is 0 Å². The van der Waals surface area contributed by atoms with E-state index in [2.05, 4.69) is 10.3 Å².